The Labute approximate surface area is 130 Å². The number of carbonyl (C=O) groups is 1. The lowest BCUT2D eigenvalue weighted by atomic mass is 10.1. The minimum Gasteiger partial charge on any atom is -0.497 e. The van der Waals surface area contributed by atoms with Gasteiger partial charge >= 0.3 is 0 Å². The number of hydrogen-bond donors (Lipinski definition) is 0. The predicted octanol–water partition coefficient (Wildman–Crippen LogP) is 3.05. The highest BCUT2D eigenvalue weighted by Crippen LogP contribution is 2.20. The van der Waals surface area contributed by atoms with Crippen LogP contribution in [0.15, 0.2) is 29.4 Å². The molecule has 0 saturated heterocycles. The summed E-state index contributed by atoms with van der Waals surface area (Å²) >= 11 is 1.29. The number of hydrogen-bond acceptors (Lipinski definition) is 6. The van der Waals surface area contributed by atoms with E-state index in [1.807, 2.05) is 0 Å². The molecule has 0 radical (unpaired) electrons. The van der Waals surface area contributed by atoms with E-state index in [2.05, 4.69) is 23.9 Å². The zero-order chi connectivity index (χ0) is 15.7. The van der Waals surface area contributed by atoms with Crippen molar-refractivity contribution >= 4 is 17.5 Å². The molecular formula is C15H22N2O3S. The fourth-order valence-electron chi connectivity index (χ4n) is 1.89. The van der Waals surface area contributed by atoms with E-state index >= 15 is 0 Å². The summed E-state index contributed by atoms with van der Waals surface area (Å²) in [4.78, 5) is 25.4. The Hall–Kier alpha value is -1.40. The number of ketones is 1. The third-order valence-electron chi connectivity index (χ3n) is 3.27. The minimum absolute atomic E-state index is 0.253. The number of rotatable bonds is 10. The molecule has 0 aromatic heterocycles. The topological polar surface area (TPSA) is 59.0 Å². The van der Waals surface area contributed by atoms with Crippen LogP contribution in [0.2, 0.25) is 0 Å². The maximum Gasteiger partial charge on any atom is 0.201 e. The molecule has 0 heterocycles. The summed E-state index contributed by atoms with van der Waals surface area (Å²) < 4.78 is 5.04. The third-order valence-corrected chi connectivity index (χ3v) is 4.31. The number of ether oxygens (including phenoxy) is 1. The highest BCUT2D eigenvalue weighted by molar-refractivity contribution is 8.00. The lowest BCUT2D eigenvalue weighted by Crippen LogP contribution is -2.26. The standard InChI is InChI=1S/C15H22N2O3S/c1-4-17(5-2)10-11-21-15(16-19)14(18)12-6-8-13(20-3)9-7-12/h6-9,15H,4-5,10-11H2,1-3H3. The SMILES string of the molecule is CCN(CC)CCSC(N=O)C(=O)c1ccc(OC)cc1. The zero-order valence-electron chi connectivity index (χ0n) is 12.7. The van der Waals surface area contributed by atoms with Crippen LogP contribution in [0.4, 0.5) is 0 Å². The number of carbonyl (C=O) groups excluding carboxylic acids is 1. The molecule has 0 N–H and O–H groups in total. The Balaban J connectivity index is 2.57. The zero-order valence-corrected chi connectivity index (χ0v) is 13.6. The summed E-state index contributed by atoms with van der Waals surface area (Å²) in [5.41, 5.74) is 0.482. The van der Waals surface area contributed by atoms with Gasteiger partial charge in [-0.25, -0.2) is 0 Å². The van der Waals surface area contributed by atoms with E-state index in [0.29, 0.717) is 17.1 Å². The number of nitrogens with zero attached hydrogens (tertiary/aromatic N) is 2. The molecule has 1 aromatic carbocycles. The molecule has 0 aliphatic heterocycles. The maximum atomic E-state index is 12.2. The molecule has 0 aliphatic rings. The largest absolute Gasteiger partial charge is 0.497 e. The second kappa shape index (κ2) is 9.52. The average Bonchev–Trinajstić information content (AvgIpc) is 2.55. The average molecular weight is 310 g/mol. The molecule has 0 bridgehead atoms. The van der Waals surface area contributed by atoms with Crippen LogP contribution in [0.3, 0.4) is 0 Å². The van der Waals surface area contributed by atoms with Crippen LogP contribution in [0.1, 0.15) is 24.2 Å². The van der Waals surface area contributed by atoms with Crippen LogP contribution in [0, 0.1) is 4.91 Å². The summed E-state index contributed by atoms with van der Waals surface area (Å²) in [5.74, 6) is 1.13. The van der Waals surface area contributed by atoms with Crippen molar-refractivity contribution in [1.82, 2.24) is 4.90 Å². The number of benzene rings is 1. The Morgan fingerprint density at radius 3 is 2.38 bits per heavy atom. The normalized spacial score (nSPS) is 12.2. The Morgan fingerprint density at radius 2 is 1.90 bits per heavy atom. The van der Waals surface area contributed by atoms with E-state index < -0.39 is 5.37 Å². The molecule has 1 rings (SSSR count). The fourth-order valence-corrected chi connectivity index (χ4v) is 2.82. The minimum atomic E-state index is -0.881. The fraction of sp³-hybridized carbons (Fsp3) is 0.533. The van der Waals surface area contributed by atoms with Crippen molar-refractivity contribution in [3.63, 3.8) is 0 Å². The second-order valence-electron chi connectivity index (χ2n) is 4.45. The first-order valence-electron chi connectivity index (χ1n) is 7.00. The molecule has 1 unspecified atom stereocenters. The maximum absolute atomic E-state index is 12.2. The van der Waals surface area contributed by atoms with Gasteiger partial charge in [0.15, 0.2) is 5.37 Å². The molecule has 5 nitrogen and oxygen atoms in total. The molecule has 116 valence electrons. The van der Waals surface area contributed by atoms with Crippen molar-refractivity contribution in [3.8, 4) is 5.75 Å². The van der Waals surface area contributed by atoms with Gasteiger partial charge in [0.2, 0.25) is 5.78 Å². The quantitative estimate of drug-likeness (QED) is 0.491. The lowest BCUT2D eigenvalue weighted by molar-refractivity contribution is 0.0991. The molecule has 1 aromatic rings. The predicted molar refractivity (Wildman–Crippen MR) is 87.2 cm³/mol. The van der Waals surface area contributed by atoms with Gasteiger partial charge in [0.25, 0.3) is 0 Å². The molecule has 0 amide bonds. The van der Waals surface area contributed by atoms with E-state index in [1.165, 1.54) is 11.8 Å². The van der Waals surface area contributed by atoms with Crippen LogP contribution in [-0.4, -0.2) is 48.6 Å². The van der Waals surface area contributed by atoms with E-state index in [1.54, 1.807) is 31.4 Å². The van der Waals surface area contributed by atoms with Gasteiger partial charge in [0.1, 0.15) is 5.75 Å². The first-order chi connectivity index (χ1) is 10.2. The van der Waals surface area contributed by atoms with Crippen molar-refractivity contribution in [2.75, 3.05) is 32.5 Å². The van der Waals surface area contributed by atoms with Crippen LogP contribution in [0.5, 0.6) is 5.75 Å². The monoisotopic (exact) mass is 310 g/mol. The van der Waals surface area contributed by atoms with E-state index in [0.717, 1.165) is 19.6 Å². The van der Waals surface area contributed by atoms with Gasteiger partial charge < -0.3 is 9.64 Å². The molecular weight excluding hydrogens is 288 g/mol. The molecule has 0 fully saturated rings. The van der Waals surface area contributed by atoms with Crippen molar-refractivity contribution < 1.29 is 9.53 Å². The number of methoxy groups -OCH3 is 1. The van der Waals surface area contributed by atoms with Crippen molar-refractivity contribution in [3.05, 3.63) is 34.7 Å². The Kier molecular flexibility index (Phi) is 8.00. The Morgan fingerprint density at radius 1 is 1.29 bits per heavy atom. The molecule has 0 aliphatic carbocycles. The van der Waals surface area contributed by atoms with Gasteiger partial charge in [0, 0.05) is 17.9 Å². The lowest BCUT2D eigenvalue weighted by Gasteiger charge is -2.18. The van der Waals surface area contributed by atoms with E-state index in [-0.39, 0.29) is 5.78 Å². The second-order valence-corrected chi connectivity index (χ2v) is 5.64. The molecule has 21 heavy (non-hydrogen) atoms. The van der Waals surface area contributed by atoms with Gasteiger partial charge in [-0.2, -0.15) is 0 Å². The molecule has 6 heteroatoms. The molecule has 0 spiro atoms. The summed E-state index contributed by atoms with van der Waals surface area (Å²) in [7, 11) is 1.57. The number of thioether (sulfide) groups is 1. The van der Waals surface area contributed by atoms with E-state index in [4.69, 9.17) is 4.74 Å². The van der Waals surface area contributed by atoms with Gasteiger partial charge in [-0.1, -0.05) is 13.8 Å². The van der Waals surface area contributed by atoms with E-state index in [9.17, 15) is 9.70 Å². The summed E-state index contributed by atoms with van der Waals surface area (Å²) in [6.07, 6.45) is 0. The number of Topliss-reactive ketones (excluding diaryl/α,β-unsaturated/α-hetero) is 1. The number of nitroso groups, excluding NO2 is 1. The summed E-state index contributed by atoms with van der Waals surface area (Å²) in [5, 5.41) is 2.09. The van der Waals surface area contributed by atoms with Crippen molar-refractivity contribution in [2.24, 2.45) is 5.18 Å². The smallest absolute Gasteiger partial charge is 0.201 e. The van der Waals surface area contributed by atoms with Gasteiger partial charge in [-0.15, -0.1) is 16.7 Å². The van der Waals surface area contributed by atoms with Crippen molar-refractivity contribution in [1.29, 1.82) is 0 Å². The van der Waals surface area contributed by atoms with Crippen LogP contribution in [-0.2, 0) is 0 Å². The van der Waals surface area contributed by atoms with Crippen LogP contribution < -0.4 is 4.74 Å². The first kappa shape index (κ1) is 17.7. The highest BCUT2D eigenvalue weighted by Gasteiger charge is 2.21. The summed E-state index contributed by atoms with van der Waals surface area (Å²) in [6, 6.07) is 6.72. The molecule has 1 atom stereocenters. The van der Waals surface area contributed by atoms with Gasteiger partial charge in [-0.05, 0) is 42.5 Å². The Bertz CT molecular complexity index is 447. The van der Waals surface area contributed by atoms with Gasteiger partial charge in [0.05, 0.1) is 7.11 Å². The van der Waals surface area contributed by atoms with Crippen LogP contribution in [0.25, 0.3) is 0 Å². The van der Waals surface area contributed by atoms with Crippen LogP contribution >= 0.6 is 11.8 Å². The van der Waals surface area contributed by atoms with Gasteiger partial charge in [-0.3, -0.25) is 4.79 Å². The molecule has 0 saturated carbocycles. The highest BCUT2D eigenvalue weighted by atomic mass is 32.2. The third kappa shape index (κ3) is 5.47. The van der Waals surface area contributed by atoms with Crippen molar-refractivity contribution in [2.45, 2.75) is 19.2 Å². The summed E-state index contributed by atoms with van der Waals surface area (Å²) in [6.45, 7) is 6.95. The first-order valence-corrected chi connectivity index (χ1v) is 8.05.